The molecule has 30 heavy (non-hydrogen) atoms. The third-order valence-electron chi connectivity index (χ3n) is 5.63. The molecular formula is C23H22N4O3. The van der Waals surface area contributed by atoms with Crippen molar-refractivity contribution in [2.45, 2.75) is 31.1 Å². The van der Waals surface area contributed by atoms with Crippen LogP contribution in [0.1, 0.15) is 18.9 Å². The van der Waals surface area contributed by atoms with E-state index in [0.717, 1.165) is 22.3 Å². The molecule has 7 nitrogen and oxygen atoms in total. The van der Waals surface area contributed by atoms with Gasteiger partial charge in [0, 0.05) is 17.8 Å². The smallest absolute Gasteiger partial charge is 0.146 e. The van der Waals surface area contributed by atoms with Gasteiger partial charge in [-0.05, 0) is 42.7 Å². The van der Waals surface area contributed by atoms with Crippen LogP contribution in [0.2, 0.25) is 0 Å². The summed E-state index contributed by atoms with van der Waals surface area (Å²) in [4.78, 5) is 8.63. The minimum absolute atomic E-state index is 0.0655. The summed E-state index contributed by atoms with van der Waals surface area (Å²) in [5.41, 5.74) is 8.73. The van der Waals surface area contributed by atoms with Gasteiger partial charge >= 0.3 is 0 Å². The van der Waals surface area contributed by atoms with Gasteiger partial charge in [-0.1, -0.05) is 30.3 Å². The number of fused-ring (bicyclic) bond motifs is 1. The van der Waals surface area contributed by atoms with Crippen molar-refractivity contribution in [3.8, 4) is 22.6 Å². The molecule has 0 amide bonds. The number of anilines is 1. The highest BCUT2D eigenvalue weighted by Gasteiger charge is 2.34. The van der Waals surface area contributed by atoms with E-state index in [1.54, 1.807) is 0 Å². The van der Waals surface area contributed by atoms with Crippen LogP contribution in [0, 0.1) is 0 Å². The van der Waals surface area contributed by atoms with Gasteiger partial charge in [0.05, 0.1) is 17.6 Å². The number of benzene rings is 2. The van der Waals surface area contributed by atoms with Crippen molar-refractivity contribution in [1.82, 2.24) is 14.5 Å². The number of hydrogen-bond donors (Lipinski definition) is 3. The zero-order valence-corrected chi connectivity index (χ0v) is 16.2. The van der Waals surface area contributed by atoms with Gasteiger partial charge < -0.3 is 25.3 Å². The van der Waals surface area contributed by atoms with Gasteiger partial charge in [-0.3, -0.25) is 0 Å². The Hall–Kier alpha value is -3.42. The maximum absolute atomic E-state index is 10.0. The number of hydrogen-bond acceptors (Lipinski definition) is 6. The lowest BCUT2D eigenvalue weighted by Gasteiger charge is -2.12. The number of nitrogen functional groups attached to an aromatic ring is 1. The summed E-state index contributed by atoms with van der Waals surface area (Å²) in [6.45, 7) is 0. The van der Waals surface area contributed by atoms with Crippen LogP contribution >= 0.6 is 0 Å². The van der Waals surface area contributed by atoms with E-state index in [2.05, 4.69) is 9.97 Å². The first kappa shape index (κ1) is 18.6. The first-order valence-electron chi connectivity index (χ1n) is 9.90. The van der Waals surface area contributed by atoms with Crippen LogP contribution in [-0.2, 0) is 0 Å². The maximum atomic E-state index is 10.0. The van der Waals surface area contributed by atoms with Crippen molar-refractivity contribution in [3.63, 3.8) is 0 Å². The Morgan fingerprint density at radius 1 is 0.933 bits per heavy atom. The summed E-state index contributed by atoms with van der Waals surface area (Å²) >= 11 is 0. The van der Waals surface area contributed by atoms with E-state index >= 15 is 0 Å². The Morgan fingerprint density at radius 3 is 2.43 bits per heavy atom. The molecule has 4 N–H and O–H groups in total. The predicted molar refractivity (Wildman–Crippen MR) is 114 cm³/mol. The second-order valence-corrected chi connectivity index (χ2v) is 7.61. The van der Waals surface area contributed by atoms with Crippen LogP contribution in [0.25, 0.3) is 22.2 Å². The number of para-hydroxylation sites is 1. The van der Waals surface area contributed by atoms with Gasteiger partial charge in [-0.2, -0.15) is 0 Å². The molecule has 2 unspecified atom stereocenters. The Kier molecular flexibility index (Phi) is 4.61. The third-order valence-corrected chi connectivity index (χ3v) is 5.63. The molecule has 1 aliphatic rings. The molecule has 1 fully saturated rings. The number of nitrogens with two attached hydrogens (primary N) is 1. The van der Waals surface area contributed by atoms with Crippen LogP contribution in [0.3, 0.4) is 0 Å². The lowest BCUT2D eigenvalue weighted by atomic mass is 10.1. The van der Waals surface area contributed by atoms with E-state index < -0.39 is 12.2 Å². The van der Waals surface area contributed by atoms with Gasteiger partial charge in [0.25, 0.3) is 0 Å². The van der Waals surface area contributed by atoms with Crippen LogP contribution in [-0.4, -0.2) is 37.0 Å². The van der Waals surface area contributed by atoms with Gasteiger partial charge in [-0.15, -0.1) is 0 Å². The van der Waals surface area contributed by atoms with E-state index in [1.165, 1.54) is 6.33 Å². The Bertz CT molecular complexity index is 1180. The number of ether oxygens (including phenoxy) is 1. The highest BCUT2D eigenvalue weighted by Crippen LogP contribution is 2.39. The number of rotatable bonds is 4. The molecule has 0 saturated heterocycles. The van der Waals surface area contributed by atoms with Gasteiger partial charge in [0.15, 0.2) is 0 Å². The van der Waals surface area contributed by atoms with Crippen molar-refractivity contribution < 1.29 is 14.9 Å². The molecule has 4 aromatic rings. The number of aliphatic hydroxyl groups is 2. The fourth-order valence-corrected chi connectivity index (χ4v) is 4.15. The van der Waals surface area contributed by atoms with Gasteiger partial charge in [-0.25, -0.2) is 9.97 Å². The summed E-state index contributed by atoms with van der Waals surface area (Å²) < 4.78 is 7.98. The van der Waals surface area contributed by atoms with Crippen molar-refractivity contribution >= 4 is 16.9 Å². The van der Waals surface area contributed by atoms with Crippen molar-refractivity contribution in [2.24, 2.45) is 0 Å². The summed E-state index contributed by atoms with van der Waals surface area (Å²) in [5.74, 6) is 1.86. The second-order valence-electron chi connectivity index (χ2n) is 7.61. The minimum Gasteiger partial charge on any atom is -0.457 e. The molecule has 0 radical (unpaired) electrons. The largest absolute Gasteiger partial charge is 0.457 e. The first-order valence-corrected chi connectivity index (χ1v) is 9.90. The molecule has 152 valence electrons. The van der Waals surface area contributed by atoms with Crippen LogP contribution in [0.5, 0.6) is 11.5 Å². The topological polar surface area (TPSA) is 106 Å². The fourth-order valence-electron chi connectivity index (χ4n) is 4.15. The van der Waals surface area contributed by atoms with E-state index in [9.17, 15) is 10.2 Å². The average molecular weight is 402 g/mol. The van der Waals surface area contributed by atoms with Crippen LogP contribution in [0.15, 0.2) is 67.1 Å². The molecule has 5 rings (SSSR count). The Balaban J connectivity index is 1.59. The molecule has 1 aliphatic carbocycles. The zero-order valence-electron chi connectivity index (χ0n) is 16.2. The van der Waals surface area contributed by atoms with E-state index in [0.29, 0.717) is 30.1 Å². The average Bonchev–Trinajstić information content (AvgIpc) is 3.30. The highest BCUT2D eigenvalue weighted by molar-refractivity contribution is 6.00. The molecule has 0 aliphatic heterocycles. The number of nitrogens with zero attached hydrogens (tertiary/aromatic N) is 3. The predicted octanol–water partition coefficient (Wildman–Crippen LogP) is 3.53. The molecule has 2 aromatic heterocycles. The third kappa shape index (κ3) is 3.28. The first-order chi connectivity index (χ1) is 14.6. The fraction of sp³-hybridized carbons (Fsp3) is 0.217. The Morgan fingerprint density at radius 2 is 1.67 bits per heavy atom. The minimum atomic E-state index is -0.738. The van der Waals surface area contributed by atoms with Gasteiger partial charge in [0.1, 0.15) is 29.3 Å². The molecule has 7 heteroatoms. The summed E-state index contributed by atoms with van der Waals surface area (Å²) in [6, 6.07) is 17.3. The molecule has 2 heterocycles. The van der Waals surface area contributed by atoms with Crippen LogP contribution in [0.4, 0.5) is 5.82 Å². The normalized spacial score (nSPS) is 21.2. The molecule has 1 saturated carbocycles. The van der Waals surface area contributed by atoms with Crippen molar-refractivity contribution in [3.05, 3.63) is 67.1 Å². The zero-order chi connectivity index (χ0) is 20.7. The molecule has 2 aromatic carbocycles. The van der Waals surface area contributed by atoms with Crippen LogP contribution < -0.4 is 10.5 Å². The highest BCUT2D eigenvalue weighted by atomic mass is 16.5. The Labute approximate surface area is 173 Å². The van der Waals surface area contributed by atoms with Crippen molar-refractivity contribution in [1.29, 1.82) is 0 Å². The quantitative estimate of drug-likeness (QED) is 0.482. The van der Waals surface area contributed by atoms with Gasteiger partial charge in [0.2, 0.25) is 0 Å². The number of aromatic nitrogens is 3. The monoisotopic (exact) mass is 402 g/mol. The van der Waals surface area contributed by atoms with E-state index in [4.69, 9.17) is 10.5 Å². The lowest BCUT2D eigenvalue weighted by Crippen LogP contribution is -2.17. The molecule has 2 atom stereocenters. The lowest BCUT2D eigenvalue weighted by molar-refractivity contribution is 0.0438. The maximum Gasteiger partial charge on any atom is 0.146 e. The summed E-state index contributed by atoms with van der Waals surface area (Å²) in [7, 11) is 0. The second kappa shape index (κ2) is 7.44. The standard InChI is InChI=1S/C23H22N4O3/c24-22-21-18(14-5-4-8-17(9-14)30-16-6-2-1-3-7-16)12-27(23(21)26-13-25-22)15-10-19(28)20(29)11-15/h1-9,12-13,15,19-20,28-29H,10-11H2,(H2,24,25,26). The molecule has 0 spiro atoms. The summed E-state index contributed by atoms with van der Waals surface area (Å²) in [6.07, 6.45) is 2.87. The molecule has 0 bridgehead atoms. The SMILES string of the molecule is Nc1ncnc2c1c(-c1cccc(Oc3ccccc3)c1)cn2C1CC(O)C(O)C1. The van der Waals surface area contributed by atoms with E-state index in [-0.39, 0.29) is 6.04 Å². The number of aliphatic hydroxyl groups excluding tert-OH is 2. The van der Waals surface area contributed by atoms with E-state index in [1.807, 2.05) is 65.4 Å². The molecular weight excluding hydrogens is 380 g/mol. The van der Waals surface area contributed by atoms with Crippen molar-refractivity contribution in [2.75, 3.05) is 5.73 Å². The summed E-state index contributed by atoms with van der Waals surface area (Å²) in [5, 5.41) is 20.8.